The average Bonchev–Trinajstić information content (AvgIpc) is 3.18. The second-order valence-electron chi connectivity index (χ2n) is 6.37. The van der Waals surface area contributed by atoms with Crippen LogP contribution in [0.3, 0.4) is 0 Å². The van der Waals surface area contributed by atoms with Gasteiger partial charge in [-0.25, -0.2) is 4.39 Å². The molecule has 0 saturated heterocycles. The zero-order valence-electron chi connectivity index (χ0n) is 13.7. The third kappa shape index (κ3) is 3.64. The third-order valence-electron chi connectivity index (χ3n) is 4.64. The number of hydrogen-bond acceptors (Lipinski definition) is 3. The lowest BCUT2D eigenvalue weighted by Gasteiger charge is -2.17. The van der Waals surface area contributed by atoms with Gasteiger partial charge in [-0.2, -0.15) is 5.10 Å². The molecule has 3 atom stereocenters. The first-order chi connectivity index (χ1) is 11.6. The Bertz CT molecular complexity index is 702. The Balaban J connectivity index is 1.65. The van der Waals surface area contributed by atoms with Gasteiger partial charge in [0.2, 0.25) is 0 Å². The summed E-state index contributed by atoms with van der Waals surface area (Å²) >= 11 is 0. The summed E-state index contributed by atoms with van der Waals surface area (Å²) in [6, 6.07) is 5.80. The van der Waals surface area contributed by atoms with Crippen LogP contribution in [0.15, 0.2) is 36.7 Å². The molecule has 6 heteroatoms. The molecule has 1 unspecified atom stereocenters. The number of nitrogens with zero attached hydrogens (tertiary/aromatic N) is 2. The van der Waals surface area contributed by atoms with Gasteiger partial charge in [-0.1, -0.05) is 13.0 Å². The zero-order valence-corrected chi connectivity index (χ0v) is 13.7. The van der Waals surface area contributed by atoms with Gasteiger partial charge < -0.3 is 10.4 Å². The first kappa shape index (κ1) is 16.6. The van der Waals surface area contributed by atoms with Crippen molar-refractivity contribution in [3.8, 4) is 0 Å². The van der Waals surface area contributed by atoms with E-state index >= 15 is 0 Å². The molecule has 5 nitrogen and oxygen atoms in total. The summed E-state index contributed by atoms with van der Waals surface area (Å²) in [7, 11) is 0. The molecule has 1 heterocycles. The van der Waals surface area contributed by atoms with E-state index in [1.165, 1.54) is 12.1 Å². The number of halogens is 1. The fourth-order valence-corrected chi connectivity index (χ4v) is 3.41. The molecule has 3 rings (SSSR count). The van der Waals surface area contributed by atoms with Gasteiger partial charge >= 0.3 is 0 Å². The maximum Gasteiger partial charge on any atom is 0.251 e. The van der Waals surface area contributed by atoms with Crippen LogP contribution in [0.5, 0.6) is 0 Å². The van der Waals surface area contributed by atoms with Crippen LogP contribution in [0.25, 0.3) is 0 Å². The highest BCUT2D eigenvalue weighted by Crippen LogP contribution is 2.28. The summed E-state index contributed by atoms with van der Waals surface area (Å²) < 4.78 is 15.3. The number of carbonyl (C=O) groups excluding carboxylic acids is 1. The normalized spacial score (nSPS) is 23.4. The minimum Gasteiger partial charge on any atom is -0.391 e. The van der Waals surface area contributed by atoms with Gasteiger partial charge in [0, 0.05) is 24.5 Å². The number of aliphatic hydroxyl groups is 1. The molecule has 1 aromatic carbocycles. The molecule has 1 aliphatic carbocycles. The monoisotopic (exact) mass is 331 g/mol. The lowest BCUT2D eigenvalue weighted by atomic mass is 10.0. The predicted molar refractivity (Wildman–Crippen MR) is 88.0 cm³/mol. The Morgan fingerprint density at radius 2 is 2.29 bits per heavy atom. The van der Waals surface area contributed by atoms with E-state index in [0.717, 1.165) is 12.1 Å². The SMILES string of the molecule is CCc1ccc(F)cc1C(=O)N[C@@H]1CC(Cn2cccn2)C[C@H]1O. The molecule has 2 aromatic rings. The Morgan fingerprint density at radius 3 is 3.00 bits per heavy atom. The fraction of sp³-hybridized carbons (Fsp3) is 0.444. The van der Waals surface area contributed by atoms with E-state index < -0.39 is 11.9 Å². The summed E-state index contributed by atoms with van der Waals surface area (Å²) in [6.07, 6.45) is 4.98. The summed E-state index contributed by atoms with van der Waals surface area (Å²) in [5.41, 5.74) is 1.15. The number of hydrogen-bond donors (Lipinski definition) is 2. The minimum absolute atomic E-state index is 0.253. The smallest absolute Gasteiger partial charge is 0.251 e. The van der Waals surface area contributed by atoms with Crippen LogP contribution < -0.4 is 5.32 Å². The molecule has 128 valence electrons. The van der Waals surface area contributed by atoms with Crippen LogP contribution >= 0.6 is 0 Å². The predicted octanol–water partition coefficient (Wildman–Crippen LogP) is 2.15. The number of aryl methyl sites for hydroxylation is 1. The van der Waals surface area contributed by atoms with Crippen molar-refractivity contribution in [2.45, 2.75) is 44.9 Å². The Labute approximate surface area is 140 Å². The van der Waals surface area contributed by atoms with Gasteiger partial charge in [0.15, 0.2) is 0 Å². The maximum atomic E-state index is 13.5. The summed E-state index contributed by atoms with van der Waals surface area (Å²) in [5, 5.41) is 17.3. The van der Waals surface area contributed by atoms with E-state index in [-0.39, 0.29) is 17.9 Å². The molecule has 24 heavy (non-hydrogen) atoms. The molecule has 1 saturated carbocycles. The van der Waals surface area contributed by atoms with E-state index in [9.17, 15) is 14.3 Å². The maximum absolute atomic E-state index is 13.5. The number of rotatable bonds is 5. The van der Waals surface area contributed by atoms with Gasteiger partial charge in [0.05, 0.1) is 12.1 Å². The Hall–Kier alpha value is -2.21. The fourth-order valence-electron chi connectivity index (χ4n) is 3.41. The Morgan fingerprint density at radius 1 is 1.46 bits per heavy atom. The topological polar surface area (TPSA) is 67.2 Å². The molecule has 1 aliphatic rings. The standard InChI is InChI=1S/C18H22FN3O2/c1-2-13-4-5-14(19)10-15(13)18(24)21-16-8-12(9-17(16)23)11-22-7-3-6-20-22/h3-7,10,12,16-17,23H,2,8-9,11H2,1H3,(H,21,24)/t12?,16-,17-/m1/s1. The van der Waals surface area contributed by atoms with Crippen molar-refractivity contribution < 1.29 is 14.3 Å². The van der Waals surface area contributed by atoms with Gasteiger partial charge in [-0.05, 0) is 48.9 Å². The van der Waals surface area contributed by atoms with Crippen molar-refractivity contribution in [1.29, 1.82) is 0 Å². The lowest BCUT2D eigenvalue weighted by molar-refractivity contribution is 0.0871. The van der Waals surface area contributed by atoms with E-state index in [1.54, 1.807) is 12.3 Å². The molecule has 1 aromatic heterocycles. The zero-order chi connectivity index (χ0) is 17.1. The number of benzene rings is 1. The molecule has 0 bridgehead atoms. The quantitative estimate of drug-likeness (QED) is 0.882. The van der Waals surface area contributed by atoms with Crippen molar-refractivity contribution in [3.63, 3.8) is 0 Å². The lowest BCUT2D eigenvalue weighted by Crippen LogP contribution is -2.40. The minimum atomic E-state index is -0.590. The van der Waals surface area contributed by atoms with Crippen molar-refractivity contribution in [3.05, 3.63) is 53.6 Å². The summed E-state index contributed by atoms with van der Waals surface area (Å²) in [5.74, 6) is -0.501. The number of amides is 1. The van der Waals surface area contributed by atoms with Gasteiger partial charge in [0.25, 0.3) is 5.91 Å². The first-order valence-electron chi connectivity index (χ1n) is 8.31. The van der Waals surface area contributed by atoms with Crippen molar-refractivity contribution in [2.24, 2.45) is 5.92 Å². The average molecular weight is 331 g/mol. The molecule has 2 N–H and O–H groups in total. The van der Waals surface area contributed by atoms with Crippen LogP contribution in [0.1, 0.15) is 35.7 Å². The van der Waals surface area contributed by atoms with Crippen molar-refractivity contribution in [1.82, 2.24) is 15.1 Å². The molecule has 0 spiro atoms. The van der Waals surface area contributed by atoms with Crippen LogP contribution in [0.4, 0.5) is 4.39 Å². The highest BCUT2D eigenvalue weighted by Gasteiger charge is 2.34. The molecule has 0 aliphatic heterocycles. The van der Waals surface area contributed by atoms with Crippen molar-refractivity contribution in [2.75, 3.05) is 0 Å². The highest BCUT2D eigenvalue weighted by atomic mass is 19.1. The van der Waals surface area contributed by atoms with Crippen LogP contribution in [-0.4, -0.2) is 32.9 Å². The first-order valence-corrected chi connectivity index (χ1v) is 8.31. The molecule has 0 radical (unpaired) electrons. The molecule has 1 fully saturated rings. The van der Waals surface area contributed by atoms with Gasteiger partial charge in [-0.15, -0.1) is 0 Å². The number of carbonyl (C=O) groups is 1. The number of nitrogens with one attached hydrogen (secondary N) is 1. The molecular weight excluding hydrogens is 309 g/mol. The van der Waals surface area contributed by atoms with Crippen LogP contribution in [-0.2, 0) is 13.0 Å². The number of aliphatic hydroxyl groups excluding tert-OH is 1. The van der Waals surface area contributed by atoms with Crippen LogP contribution in [0.2, 0.25) is 0 Å². The second kappa shape index (κ2) is 7.13. The highest BCUT2D eigenvalue weighted by molar-refractivity contribution is 5.96. The second-order valence-corrected chi connectivity index (χ2v) is 6.37. The molecule has 1 amide bonds. The Kier molecular flexibility index (Phi) is 4.94. The summed E-state index contributed by atoms with van der Waals surface area (Å²) in [6.45, 7) is 2.64. The third-order valence-corrected chi connectivity index (χ3v) is 4.64. The van der Waals surface area contributed by atoms with Crippen LogP contribution in [0, 0.1) is 11.7 Å². The van der Waals surface area contributed by atoms with Gasteiger partial charge in [-0.3, -0.25) is 9.48 Å². The van der Waals surface area contributed by atoms with Crippen molar-refractivity contribution >= 4 is 5.91 Å². The number of aromatic nitrogens is 2. The van der Waals surface area contributed by atoms with E-state index in [2.05, 4.69) is 10.4 Å². The van der Waals surface area contributed by atoms with E-state index in [4.69, 9.17) is 0 Å². The van der Waals surface area contributed by atoms with Gasteiger partial charge in [0.1, 0.15) is 5.82 Å². The summed E-state index contributed by atoms with van der Waals surface area (Å²) in [4.78, 5) is 12.5. The largest absolute Gasteiger partial charge is 0.391 e. The van der Waals surface area contributed by atoms with E-state index in [1.807, 2.05) is 23.9 Å². The molecular formula is C18H22FN3O2. The van der Waals surface area contributed by atoms with E-state index in [0.29, 0.717) is 24.8 Å².